The Hall–Kier alpha value is -3.34. The number of H-pyrrole nitrogens is 1. The van der Waals surface area contributed by atoms with Gasteiger partial charge < -0.3 is 19.6 Å². The fourth-order valence-electron chi connectivity index (χ4n) is 4.86. The molecule has 0 saturated carbocycles. The summed E-state index contributed by atoms with van der Waals surface area (Å²) < 4.78 is 11.3. The van der Waals surface area contributed by atoms with Crippen LogP contribution in [0.25, 0.3) is 11.0 Å². The molecule has 0 spiro atoms. The lowest BCUT2D eigenvalue weighted by Crippen LogP contribution is -2.40. The number of nitrogens with zero attached hydrogens (tertiary/aromatic N) is 4. The number of carbonyl (C=O) groups is 1. The Labute approximate surface area is 213 Å². The first-order valence-corrected chi connectivity index (χ1v) is 12.9. The molecule has 2 unspecified atom stereocenters. The molecule has 36 heavy (non-hydrogen) atoms. The van der Waals surface area contributed by atoms with Crippen molar-refractivity contribution in [2.24, 2.45) is 5.92 Å². The van der Waals surface area contributed by atoms with Crippen LogP contribution in [0.3, 0.4) is 0 Å². The molecule has 3 aromatic heterocycles. The van der Waals surface area contributed by atoms with Crippen LogP contribution >= 0.6 is 11.3 Å². The topological polar surface area (TPSA) is 113 Å². The number of aromatic carboxylic acids is 1. The third-order valence-corrected chi connectivity index (χ3v) is 7.37. The van der Waals surface area contributed by atoms with Gasteiger partial charge in [-0.05, 0) is 49.6 Å². The van der Waals surface area contributed by atoms with E-state index < -0.39 is 5.97 Å². The Morgan fingerprint density at radius 2 is 2.19 bits per heavy atom. The number of ether oxygens (including phenoxy) is 2. The van der Waals surface area contributed by atoms with E-state index >= 15 is 0 Å². The highest BCUT2D eigenvalue weighted by molar-refractivity contribution is 7.09. The summed E-state index contributed by atoms with van der Waals surface area (Å²) in [5.74, 6) is 1.21. The first-order chi connectivity index (χ1) is 17.6. The van der Waals surface area contributed by atoms with Crippen LogP contribution in [0.5, 0.6) is 5.88 Å². The number of carboxylic acid groups (broad SMARTS) is 1. The average molecular weight is 508 g/mol. The zero-order valence-electron chi connectivity index (χ0n) is 20.1. The minimum absolute atomic E-state index is 0.253. The molecule has 1 fully saturated rings. The molecular weight excluding hydrogens is 478 g/mol. The van der Waals surface area contributed by atoms with Crippen molar-refractivity contribution in [1.82, 2.24) is 24.8 Å². The number of nitrogens with one attached hydrogen (secondary N) is 1. The van der Waals surface area contributed by atoms with Gasteiger partial charge >= 0.3 is 5.97 Å². The fraction of sp³-hybridized carbons (Fsp3) is 0.385. The number of benzene rings is 1. The number of carboxylic acids is 1. The van der Waals surface area contributed by atoms with E-state index in [9.17, 15) is 9.90 Å². The summed E-state index contributed by atoms with van der Waals surface area (Å²) in [7, 11) is 1.74. The molecule has 1 aliphatic heterocycles. The van der Waals surface area contributed by atoms with Gasteiger partial charge in [-0.3, -0.25) is 4.90 Å². The number of piperidine rings is 1. The molecule has 0 amide bonds. The van der Waals surface area contributed by atoms with Gasteiger partial charge in [-0.2, -0.15) is 0 Å². The van der Waals surface area contributed by atoms with Crippen LogP contribution < -0.4 is 4.74 Å². The van der Waals surface area contributed by atoms with Crippen molar-refractivity contribution >= 4 is 28.3 Å². The number of pyridine rings is 1. The first kappa shape index (κ1) is 24.4. The molecule has 4 heterocycles. The highest BCUT2D eigenvalue weighted by Crippen LogP contribution is 2.35. The van der Waals surface area contributed by atoms with Gasteiger partial charge in [-0.1, -0.05) is 6.07 Å². The first-order valence-electron chi connectivity index (χ1n) is 12.0. The van der Waals surface area contributed by atoms with E-state index in [1.165, 1.54) is 0 Å². The number of fused-ring (bicyclic) bond motifs is 1. The normalized spacial score (nSPS) is 18.5. The number of thiazole rings is 1. The van der Waals surface area contributed by atoms with Gasteiger partial charge in [0.2, 0.25) is 5.88 Å². The molecule has 0 bridgehead atoms. The van der Waals surface area contributed by atoms with E-state index in [1.54, 1.807) is 42.8 Å². The summed E-state index contributed by atoms with van der Waals surface area (Å²) in [5.41, 5.74) is 2.83. The molecule has 1 aliphatic rings. The molecule has 0 aliphatic carbocycles. The number of rotatable bonds is 10. The number of aromatic amines is 1. The van der Waals surface area contributed by atoms with Gasteiger partial charge in [0.1, 0.15) is 17.4 Å². The molecule has 2 N–H and O–H groups in total. The van der Waals surface area contributed by atoms with Crippen LogP contribution in [0, 0.1) is 5.92 Å². The Kier molecular flexibility index (Phi) is 7.55. The molecule has 9 nitrogen and oxygen atoms in total. The van der Waals surface area contributed by atoms with E-state index in [0.717, 1.165) is 53.5 Å². The maximum Gasteiger partial charge on any atom is 0.335 e. The van der Waals surface area contributed by atoms with Crippen molar-refractivity contribution in [2.45, 2.75) is 31.9 Å². The van der Waals surface area contributed by atoms with Gasteiger partial charge in [0, 0.05) is 49.5 Å². The van der Waals surface area contributed by atoms with Crippen molar-refractivity contribution in [3.63, 3.8) is 0 Å². The lowest BCUT2D eigenvalue weighted by atomic mass is 9.81. The van der Waals surface area contributed by atoms with Crippen molar-refractivity contribution in [2.75, 3.05) is 26.8 Å². The lowest BCUT2D eigenvalue weighted by Gasteiger charge is -2.38. The maximum absolute atomic E-state index is 11.3. The predicted molar refractivity (Wildman–Crippen MR) is 136 cm³/mol. The van der Waals surface area contributed by atoms with Crippen molar-refractivity contribution < 1.29 is 19.4 Å². The third-order valence-electron chi connectivity index (χ3n) is 6.61. The molecule has 0 radical (unpaired) electrons. The second-order valence-corrected chi connectivity index (χ2v) is 9.99. The van der Waals surface area contributed by atoms with Crippen LogP contribution in [-0.4, -0.2) is 62.7 Å². The van der Waals surface area contributed by atoms with Crippen molar-refractivity contribution in [3.8, 4) is 5.88 Å². The standard InChI is InChI=1S/C26H29N5O4S/c1-34-11-8-18-14-31(15-23-28-21-6-5-17(26(32)33)13-22(21)29-23)10-7-19(18)20-3-2-4-24(30-20)35-16-25-27-9-12-36-25/h2-6,9,12-13,18-19H,7-8,10-11,14-16H2,1H3,(H,28,29)(H,32,33). The van der Waals surface area contributed by atoms with E-state index in [4.69, 9.17) is 14.5 Å². The molecule has 188 valence electrons. The van der Waals surface area contributed by atoms with Crippen LogP contribution in [0.15, 0.2) is 48.0 Å². The molecule has 10 heteroatoms. The second kappa shape index (κ2) is 11.2. The summed E-state index contributed by atoms with van der Waals surface area (Å²) in [6, 6.07) is 11.0. The quantitative estimate of drug-likeness (QED) is 0.326. The molecule has 1 saturated heterocycles. The Bertz CT molecular complexity index is 1310. The molecule has 1 aromatic carbocycles. The summed E-state index contributed by atoms with van der Waals surface area (Å²) >= 11 is 1.57. The highest BCUT2D eigenvalue weighted by Gasteiger charge is 2.31. The van der Waals surface area contributed by atoms with Gasteiger partial charge in [-0.15, -0.1) is 11.3 Å². The van der Waals surface area contributed by atoms with Gasteiger partial charge in [0.15, 0.2) is 0 Å². The zero-order valence-corrected chi connectivity index (χ0v) is 20.9. The Morgan fingerprint density at radius 3 is 3.00 bits per heavy atom. The number of imidazole rings is 1. The summed E-state index contributed by atoms with van der Waals surface area (Å²) in [6.07, 6.45) is 3.69. The van der Waals surface area contributed by atoms with Gasteiger partial charge in [0.25, 0.3) is 0 Å². The van der Waals surface area contributed by atoms with Crippen LogP contribution in [0.1, 0.15) is 45.6 Å². The number of hydrogen-bond donors (Lipinski definition) is 2. The summed E-state index contributed by atoms with van der Waals surface area (Å²) in [4.78, 5) is 30.8. The maximum atomic E-state index is 11.3. The van der Waals surface area contributed by atoms with E-state index in [0.29, 0.717) is 37.5 Å². The monoisotopic (exact) mass is 507 g/mol. The molecule has 5 rings (SSSR count). The van der Waals surface area contributed by atoms with Crippen LogP contribution in [0.2, 0.25) is 0 Å². The molecular formula is C26H29N5O4S. The minimum Gasteiger partial charge on any atom is -0.478 e. The second-order valence-electron chi connectivity index (χ2n) is 9.01. The zero-order chi connectivity index (χ0) is 24.9. The fourth-order valence-corrected chi connectivity index (χ4v) is 5.39. The highest BCUT2D eigenvalue weighted by atomic mass is 32.1. The van der Waals surface area contributed by atoms with Crippen molar-refractivity contribution in [3.05, 3.63) is 70.1 Å². The Morgan fingerprint density at radius 1 is 1.28 bits per heavy atom. The van der Waals surface area contributed by atoms with E-state index in [-0.39, 0.29) is 5.56 Å². The number of likely N-dealkylation sites (tertiary alicyclic amines) is 1. The third kappa shape index (κ3) is 5.72. The lowest BCUT2D eigenvalue weighted by molar-refractivity contribution is 0.0697. The number of methoxy groups -OCH3 is 1. The predicted octanol–water partition coefficient (Wildman–Crippen LogP) is 4.33. The molecule has 4 aromatic rings. The smallest absolute Gasteiger partial charge is 0.335 e. The van der Waals surface area contributed by atoms with Gasteiger partial charge in [-0.25, -0.2) is 19.7 Å². The van der Waals surface area contributed by atoms with Crippen molar-refractivity contribution in [1.29, 1.82) is 0 Å². The van der Waals surface area contributed by atoms with Crippen LogP contribution in [-0.2, 0) is 17.9 Å². The Balaban J connectivity index is 1.27. The van der Waals surface area contributed by atoms with E-state index in [2.05, 4.69) is 25.9 Å². The number of hydrogen-bond acceptors (Lipinski definition) is 8. The minimum atomic E-state index is -0.942. The molecule has 2 atom stereocenters. The SMILES string of the molecule is COCCC1CN(Cc2nc3ccc(C(=O)O)cc3[nH]2)CCC1c1cccc(OCc2nccs2)n1. The number of aromatic nitrogens is 4. The van der Waals surface area contributed by atoms with Gasteiger partial charge in [0.05, 0.1) is 23.1 Å². The largest absolute Gasteiger partial charge is 0.478 e. The van der Waals surface area contributed by atoms with E-state index in [1.807, 2.05) is 17.5 Å². The van der Waals surface area contributed by atoms with Crippen LogP contribution in [0.4, 0.5) is 0 Å². The average Bonchev–Trinajstić information content (AvgIpc) is 3.55. The summed E-state index contributed by atoms with van der Waals surface area (Å²) in [6.45, 7) is 3.61. The summed E-state index contributed by atoms with van der Waals surface area (Å²) in [5, 5.41) is 12.1.